The Morgan fingerprint density at radius 1 is 1.00 bits per heavy atom. The van der Waals surface area contributed by atoms with Crippen molar-refractivity contribution in [2.24, 2.45) is 0 Å². The highest BCUT2D eigenvalue weighted by atomic mass is 79.9. The lowest BCUT2D eigenvalue weighted by molar-refractivity contribution is -0.115. The van der Waals surface area contributed by atoms with Gasteiger partial charge in [0.05, 0.1) is 11.3 Å². The zero-order valence-electron chi connectivity index (χ0n) is 15.0. The Hall–Kier alpha value is -1.70. The first kappa shape index (κ1) is 20.0. The van der Waals surface area contributed by atoms with Crippen LogP contribution in [0.1, 0.15) is 31.2 Å². The molecule has 1 heterocycles. The van der Waals surface area contributed by atoms with Crippen molar-refractivity contribution in [1.82, 2.24) is 4.31 Å². The first-order chi connectivity index (χ1) is 12.9. The molecule has 5 nitrogen and oxygen atoms in total. The van der Waals surface area contributed by atoms with Crippen LogP contribution in [0.25, 0.3) is 0 Å². The number of sulfonamides is 1. The summed E-state index contributed by atoms with van der Waals surface area (Å²) in [5.74, 6) is -0.142. The molecule has 1 N–H and O–H groups in total. The molecule has 144 valence electrons. The molecule has 1 fully saturated rings. The molecule has 3 rings (SSSR count). The second kappa shape index (κ2) is 8.99. The molecule has 1 amide bonds. The Bertz CT molecular complexity index is 890. The summed E-state index contributed by atoms with van der Waals surface area (Å²) in [6.07, 6.45) is 4.23. The number of hydrogen-bond donors (Lipinski definition) is 1. The van der Waals surface area contributed by atoms with Crippen LogP contribution in [-0.4, -0.2) is 31.7 Å². The lowest BCUT2D eigenvalue weighted by Crippen LogP contribution is -2.31. The summed E-state index contributed by atoms with van der Waals surface area (Å²) in [6.45, 7) is 1.15. The lowest BCUT2D eigenvalue weighted by atomic mass is 10.1. The first-order valence-corrected chi connectivity index (χ1v) is 11.3. The number of nitrogens with zero attached hydrogens (tertiary/aromatic N) is 1. The number of nitrogens with one attached hydrogen (secondary N) is 1. The van der Waals surface area contributed by atoms with Crippen LogP contribution >= 0.6 is 15.9 Å². The molecule has 0 saturated carbocycles. The van der Waals surface area contributed by atoms with Gasteiger partial charge in [-0.2, -0.15) is 4.31 Å². The van der Waals surface area contributed by atoms with Gasteiger partial charge in [0.1, 0.15) is 0 Å². The molecule has 0 bridgehead atoms. The maximum absolute atomic E-state index is 12.8. The van der Waals surface area contributed by atoms with Gasteiger partial charge in [-0.25, -0.2) is 8.42 Å². The zero-order valence-corrected chi connectivity index (χ0v) is 17.4. The maximum atomic E-state index is 12.8. The SMILES string of the molecule is O=C(Cc1cccc(Br)c1)Nc1ccc(S(=O)(=O)N2CCCCCC2)cc1. The molecule has 2 aromatic rings. The fourth-order valence-electron chi connectivity index (χ4n) is 3.18. The van der Waals surface area contributed by atoms with Gasteiger partial charge in [0.2, 0.25) is 15.9 Å². The van der Waals surface area contributed by atoms with Crippen molar-refractivity contribution < 1.29 is 13.2 Å². The van der Waals surface area contributed by atoms with E-state index < -0.39 is 10.0 Å². The monoisotopic (exact) mass is 450 g/mol. The number of amides is 1. The van der Waals surface area contributed by atoms with E-state index in [2.05, 4.69) is 21.2 Å². The predicted molar refractivity (Wildman–Crippen MR) is 110 cm³/mol. The molecule has 27 heavy (non-hydrogen) atoms. The van der Waals surface area contributed by atoms with E-state index >= 15 is 0 Å². The Balaban J connectivity index is 1.65. The predicted octanol–water partition coefficient (Wildman–Crippen LogP) is 4.20. The largest absolute Gasteiger partial charge is 0.326 e. The highest BCUT2D eigenvalue weighted by molar-refractivity contribution is 9.10. The van der Waals surface area contributed by atoms with Crippen LogP contribution in [0.5, 0.6) is 0 Å². The van der Waals surface area contributed by atoms with Crippen molar-refractivity contribution in [2.45, 2.75) is 37.0 Å². The van der Waals surface area contributed by atoms with Crippen molar-refractivity contribution in [3.05, 3.63) is 58.6 Å². The van der Waals surface area contributed by atoms with E-state index in [4.69, 9.17) is 0 Å². The van der Waals surface area contributed by atoms with E-state index in [0.29, 0.717) is 18.8 Å². The molecule has 7 heteroatoms. The molecule has 0 aromatic heterocycles. The molecule has 0 aliphatic carbocycles. The van der Waals surface area contributed by atoms with Gasteiger partial charge in [-0.3, -0.25) is 4.79 Å². The minimum absolute atomic E-state index is 0.142. The maximum Gasteiger partial charge on any atom is 0.243 e. The smallest absolute Gasteiger partial charge is 0.243 e. The third kappa shape index (κ3) is 5.40. The van der Waals surface area contributed by atoms with Gasteiger partial charge >= 0.3 is 0 Å². The summed E-state index contributed by atoms with van der Waals surface area (Å²) >= 11 is 3.39. The molecule has 1 aliphatic rings. The number of benzene rings is 2. The summed E-state index contributed by atoms with van der Waals surface area (Å²) in [5, 5.41) is 2.82. The van der Waals surface area contributed by atoms with Gasteiger partial charge < -0.3 is 5.32 Å². The van der Waals surface area contributed by atoms with Crippen molar-refractivity contribution in [3.8, 4) is 0 Å². The van der Waals surface area contributed by atoms with Crippen molar-refractivity contribution in [2.75, 3.05) is 18.4 Å². The average molecular weight is 451 g/mol. The molecule has 2 aromatic carbocycles. The van der Waals surface area contributed by atoms with Crippen molar-refractivity contribution in [3.63, 3.8) is 0 Å². The summed E-state index contributed by atoms with van der Waals surface area (Å²) in [5.41, 5.74) is 1.49. The molecule has 1 aliphatic heterocycles. The third-order valence-corrected chi connectivity index (χ3v) is 7.00. The molecule has 0 spiro atoms. The van der Waals surface area contributed by atoms with Gasteiger partial charge in [-0.15, -0.1) is 0 Å². The quantitative estimate of drug-likeness (QED) is 0.741. The highest BCUT2D eigenvalue weighted by Gasteiger charge is 2.24. The summed E-state index contributed by atoms with van der Waals surface area (Å²) in [6, 6.07) is 14.0. The number of rotatable bonds is 5. The van der Waals surface area contributed by atoms with E-state index in [-0.39, 0.29) is 17.2 Å². The topological polar surface area (TPSA) is 66.5 Å². The van der Waals surface area contributed by atoms with Crippen LogP contribution in [0.15, 0.2) is 57.9 Å². The van der Waals surface area contributed by atoms with Crippen LogP contribution in [0.2, 0.25) is 0 Å². The Labute approximate surface area is 169 Å². The van der Waals surface area contributed by atoms with Crippen LogP contribution in [0.4, 0.5) is 5.69 Å². The fourth-order valence-corrected chi connectivity index (χ4v) is 5.14. The molecular weight excluding hydrogens is 428 g/mol. The number of anilines is 1. The first-order valence-electron chi connectivity index (χ1n) is 9.10. The van der Waals surface area contributed by atoms with Gasteiger partial charge in [-0.05, 0) is 54.8 Å². The summed E-state index contributed by atoms with van der Waals surface area (Å²) < 4.78 is 28.1. The number of halogens is 1. The Kier molecular flexibility index (Phi) is 6.68. The van der Waals surface area contributed by atoms with Gasteiger partial charge in [0.25, 0.3) is 0 Å². The minimum Gasteiger partial charge on any atom is -0.326 e. The van der Waals surface area contributed by atoms with Crippen molar-refractivity contribution in [1.29, 1.82) is 0 Å². The average Bonchev–Trinajstić information content (AvgIpc) is 2.92. The normalized spacial score (nSPS) is 15.9. The van der Waals surface area contributed by atoms with Gasteiger partial charge in [-0.1, -0.05) is 40.9 Å². The second-order valence-corrected chi connectivity index (χ2v) is 9.55. The second-order valence-electron chi connectivity index (χ2n) is 6.70. The summed E-state index contributed by atoms with van der Waals surface area (Å²) in [4.78, 5) is 12.5. The Morgan fingerprint density at radius 2 is 1.67 bits per heavy atom. The molecule has 1 saturated heterocycles. The number of carbonyl (C=O) groups excluding carboxylic acids is 1. The van der Waals surface area contributed by atoms with Gasteiger partial charge in [0, 0.05) is 23.2 Å². The lowest BCUT2D eigenvalue weighted by Gasteiger charge is -2.20. The molecule has 0 unspecified atom stereocenters. The van der Waals surface area contributed by atoms with Crippen LogP contribution in [0, 0.1) is 0 Å². The van der Waals surface area contributed by atoms with E-state index in [1.165, 1.54) is 0 Å². The van der Waals surface area contributed by atoms with E-state index in [0.717, 1.165) is 35.7 Å². The third-order valence-electron chi connectivity index (χ3n) is 4.59. The zero-order chi connectivity index (χ0) is 19.3. The Morgan fingerprint density at radius 3 is 2.30 bits per heavy atom. The van der Waals surface area contributed by atoms with E-state index in [1.54, 1.807) is 28.6 Å². The minimum atomic E-state index is -3.47. The fraction of sp³-hybridized carbons (Fsp3) is 0.350. The van der Waals surface area contributed by atoms with Gasteiger partial charge in [0.15, 0.2) is 0 Å². The standard InChI is InChI=1S/C20H23BrN2O3S/c21-17-7-5-6-16(14-17)15-20(24)22-18-8-10-19(11-9-18)27(25,26)23-12-3-1-2-4-13-23/h5-11,14H,1-4,12-13,15H2,(H,22,24). The van der Waals surface area contributed by atoms with Crippen molar-refractivity contribution >= 4 is 37.5 Å². The van der Waals surface area contributed by atoms with Crippen LogP contribution < -0.4 is 5.32 Å². The van der Waals surface area contributed by atoms with E-state index in [9.17, 15) is 13.2 Å². The molecular formula is C20H23BrN2O3S. The van der Waals surface area contributed by atoms with E-state index in [1.807, 2.05) is 24.3 Å². The van der Waals surface area contributed by atoms with Crippen LogP contribution in [0.3, 0.4) is 0 Å². The number of hydrogen-bond acceptors (Lipinski definition) is 3. The molecule has 0 radical (unpaired) electrons. The molecule has 0 atom stereocenters. The highest BCUT2D eigenvalue weighted by Crippen LogP contribution is 2.22. The summed E-state index contributed by atoms with van der Waals surface area (Å²) in [7, 11) is -3.47. The number of carbonyl (C=O) groups is 1. The van der Waals surface area contributed by atoms with Crippen LogP contribution in [-0.2, 0) is 21.2 Å².